The zero-order valence-electron chi connectivity index (χ0n) is 10.2. The van der Waals surface area contributed by atoms with Crippen LogP contribution in [-0.4, -0.2) is 38.1 Å². The highest BCUT2D eigenvalue weighted by Crippen LogP contribution is 2.17. The third kappa shape index (κ3) is 5.17. The van der Waals surface area contributed by atoms with Crippen LogP contribution in [0.15, 0.2) is 36.9 Å². The first-order chi connectivity index (χ1) is 8.11. The first kappa shape index (κ1) is 13.3. The maximum Gasteiger partial charge on any atom is 0.335 e. The molecule has 92 valence electrons. The molecule has 0 aliphatic carbocycles. The molecule has 0 unspecified atom stereocenters. The molecule has 1 rings (SSSR count). The van der Waals surface area contributed by atoms with Crippen LogP contribution in [0.2, 0.25) is 0 Å². The lowest BCUT2D eigenvalue weighted by Crippen LogP contribution is -2.19. The number of nitrogens with zero attached hydrogens (tertiary/aromatic N) is 1. The van der Waals surface area contributed by atoms with Crippen molar-refractivity contribution in [1.82, 2.24) is 4.90 Å². The van der Waals surface area contributed by atoms with Crippen LogP contribution < -0.4 is 9.47 Å². The second-order valence-corrected chi connectivity index (χ2v) is 3.75. The topological polar surface area (TPSA) is 38.8 Å². The second kappa shape index (κ2) is 6.70. The highest BCUT2D eigenvalue weighted by molar-refractivity contribution is 5.83. The van der Waals surface area contributed by atoms with Crippen molar-refractivity contribution in [3.8, 4) is 11.5 Å². The summed E-state index contributed by atoms with van der Waals surface area (Å²) in [5.41, 5.74) is 0. The van der Waals surface area contributed by atoms with Gasteiger partial charge in [-0.3, -0.25) is 0 Å². The van der Waals surface area contributed by atoms with Gasteiger partial charge in [-0.15, -0.1) is 0 Å². The maximum absolute atomic E-state index is 10.9. The summed E-state index contributed by atoms with van der Waals surface area (Å²) < 4.78 is 10.4. The molecule has 0 N–H and O–H groups in total. The highest BCUT2D eigenvalue weighted by atomic mass is 16.5. The van der Waals surface area contributed by atoms with Gasteiger partial charge in [-0.05, 0) is 38.4 Å². The molecule has 0 atom stereocenters. The zero-order chi connectivity index (χ0) is 12.7. The average Bonchev–Trinajstić information content (AvgIpc) is 2.31. The van der Waals surface area contributed by atoms with Gasteiger partial charge in [-0.25, -0.2) is 4.79 Å². The minimum Gasteiger partial charge on any atom is -0.492 e. The molecular weight excluding hydrogens is 218 g/mol. The van der Waals surface area contributed by atoms with Crippen LogP contribution >= 0.6 is 0 Å². The van der Waals surface area contributed by atoms with Gasteiger partial charge in [0.2, 0.25) is 0 Å². The van der Waals surface area contributed by atoms with Crippen molar-refractivity contribution in [1.29, 1.82) is 0 Å². The molecule has 1 aromatic carbocycles. The van der Waals surface area contributed by atoms with Gasteiger partial charge in [0.15, 0.2) is 0 Å². The summed E-state index contributed by atoms with van der Waals surface area (Å²) in [4.78, 5) is 13.0. The fourth-order valence-electron chi connectivity index (χ4n) is 1.11. The van der Waals surface area contributed by atoms with Crippen molar-refractivity contribution in [2.24, 2.45) is 0 Å². The largest absolute Gasteiger partial charge is 0.492 e. The van der Waals surface area contributed by atoms with Crippen LogP contribution in [0.25, 0.3) is 0 Å². The molecule has 0 bridgehead atoms. The van der Waals surface area contributed by atoms with E-state index in [1.807, 2.05) is 19.0 Å². The van der Waals surface area contributed by atoms with Gasteiger partial charge < -0.3 is 14.4 Å². The Morgan fingerprint density at radius 3 is 2.41 bits per heavy atom. The second-order valence-electron chi connectivity index (χ2n) is 3.75. The van der Waals surface area contributed by atoms with E-state index in [1.54, 1.807) is 24.3 Å². The van der Waals surface area contributed by atoms with E-state index in [-0.39, 0.29) is 0 Å². The van der Waals surface area contributed by atoms with Gasteiger partial charge in [0.25, 0.3) is 0 Å². The number of likely N-dealkylation sites (N-methyl/N-ethyl adjacent to an activating group) is 1. The molecule has 0 radical (unpaired) electrons. The predicted molar refractivity (Wildman–Crippen MR) is 66.3 cm³/mol. The Morgan fingerprint density at radius 1 is 1.29 bits per heavy atom. The number of hydrogen-bond donors (Lipinski definition) is 0. The number of benzene rings is 1. The zero-order valence-corrected chi connectivity index (χ0v) is 10.2. The van der Waals surface area contributed by atoms with E-state index in [2.05, 4.69) is 6.58 Å². The van der Waals surface area contributed by atoms with Crippen molar-refractivity contribution in [3.63, 3.8) is 0 Å². The molecule has 0 heterocycles. The Kier molecular flexibility index (Phi) is 5.23. The number of rotatable bonds is 6. The molecular formula is C13H17NO3. The molecule has 17 heavy (non-hydrogen) atoms. The van der Waals surface area contributed by atoms with Crippen LogP contribution in [0, 0.1) is 0 Å². The molecule has 0 amide bonds. The van der Waals surface area contributed by atoms with E-state index in [0.29, 0.717) is 12.4 Å². The summed E-state index contributed by atoms with van der Waals surface area (Å²) in [6.45, 7) is 4.81. The van der Waals surface area contributed by atoms with E-state index in [4.69, 9.17) is 9.47 Å². The SMILES string of the molecule is C=CC(=O)Oc1ccc(OCCN(C)C)cc1. The normalized spacial score (nSPS) is 10.1. The number of esters is 1. The van der Waals surface area contributed by atoms with Crippen molar-refractivity contribution in [2.75, 3.05) is 27.2 Å². The Bertz CT molecular complexity index is 371. The average molecular weight is 235 g/mol. The van der Waals surface area contributed by atoms with Gasteiger partial charge in [0, 0.05) is 12.6 Å². The van der Waals surface area contributed by atoms with Gasteiger partial charge in [-0.1, -0.05) is 6.58 Å². The lowest BCUT2D eigenvalue weighted by Gasteiger charge is -2.11. The number of carbonyl (C=O) groups is 1. The molecule has 4 heteroatoms. The molecule has 0 saturated heterocycles. The summed E-state index contributed by atoms with van der Waals surface area (Å²) in [7, 11) is 3.97. The van der Waals surface area contributed by atoms with Crippen molar-refractivity contribution in [3.05, 3.63) is 36.9 Å². The summed E-state index contributed by atoms with van der Waals surface area (Å²) in [5, 5.41) is 0. The van der Waals surface area contributed by atoms with Crippen LogP contribution in [-0.2, 0) is 4.79 Å². The van der Waals surface area contributed by atoms with E-state index in [0.717, 1.165) is 18.4 Å². The predicted octanol–water partition coefficient (Wildman–Crippen LogP) is 1.72. The minimum absolute atomic E-state index is 0.466. The lowest BCUT2D eigenvalue weighted by molar-refractivity contribution is -0.128. The van der Waals surface area contributed by atoms with Gasteiger partial charge in [-0.2, -0.15) is 0 Å². The summed E-state index contributed by atoms with van der Waals surface area (Å²) in [5.74, 6) is 0.770. The van der Waals surface area contributed by atoms with Crippen molar-refractivity contribution in [2.45, 2.75) is 0 Å². The van der Waals surface area contributed by atoms with Gasteiger partial charge >= 0.3 is 5.97 Å². The first-order valence-corrected chi connectivity index (χ1v) is 5.33. The summed E-state index contributed by atoms with van der Waals surface area (Å²) in [6, 6.07) is 6.90. The molecule has 0 aliphatic rings. The highest BCUT2D eigenvalue weighted by Gasteiger charge is 2.00. The number of carbonyl (C=O) groups excluding carboxylic acids is 1. The fraction of sp³-hybridized carbons (Fsp3) is 0.308. The van der Waals surface area contributed by atoms with Gasteiger partial charge in [0.1, 0.15) is 18.1 Å². The molecule has 1 aromatic rings. The van der Waals surface area contributed by atoms with E-state index >= 15 is 0 Å². The minimum atomic E-state index is -0.466. The number of ether oxygens (including phenoxy) is 2. The summed E-state index contributed by atoms with van der Waals surface area (Å²) in [6.07, 6.45) is 1.13. The molecule has 4 nitrogen and oxygen atoms in total. The van der Waals surface area contributed by atoms with Crippen molar-refractivity contribution < 1.29 is 14.3 Å². The van der Waals surface area contributed by atoms with Crippen LogP contribution in [0.3, 0.4) is 0 Å². The third-order valence-corrected chi connectivity index (χ3v) is 2.02. The lowest BCUT2D eigenvalue weighted by atomic mass is 10.3. The van der Waals surface area contributed by atoms with E-state index in [1.165, 1.54) is 0 Å². The van der Waals surface area contributed by atoms with E-state index < -0.39 is 5.97 Å². The van der Waals surface area contributed by atoms with Crippen LogP contribution in [0.4, 0.5) is 0 Å². The Labute approximate surface area is 101 Å². The summed E-state index contributed by atoms with van der Waals surface area (Å²) >= 11 is 0. The number of hydrogen-bond acceptors (Lipinski definition) is 4. The Morgan fingerprint density at radius 2 is 1.88 bits per heavy atom. The molecule has 0 saturated carbocycles. The monoisotopic (exact) mass is 235 g/mol. The standard InChI is InChI=1S/C13H17NO3/c1-4-13(15)17-12-7-5-11(6-8-12)16-10-9-14(2)3/h4-8H,1,9-10H2,2-3H3. The van der Waals surface area contributed by atoms with E-state index in [9.17, 15) is 4.79 Å². The molecule has 0 spiro atoms. The Balaban J connectivity index is 2.44. The first-order valence-electron chi connectivity index (χ1n) is 5.33. The molecule has 0 aromatic heterocycles. The quantitative estimate of drug-likeness (QED) is 0.427. The smallest absolute Gasteiger partial charge is 0.335 e. The van der Waals surface area contributed by atoms with Gasteiger partial charge in [0.05, 0.1) is 0 Å². The molecule has 0 fully saturated rings. The third-order valence-electron chi connectivity index (χ3n) is 2.02. The van der Waals surface area contributed by atoms with Crippen LogP contribution in [0.5, 0.6) is 11.5 Å². The van der Waals surface area contributed by atoms with Crippen LogP contribution in [0.1, 0.15) is 0 Å². The fourth-order valence-corrected chi connectivity index (χ4v) is 1.11. The Hall–Kier alpha value is -1.81. The van der Waals surface area contributed by atoms with Crippen molar-refractivity contribution >= 4 is 5.97 Å². The maximum atomic E-state index is 10.9. The molecule has 0 aliphatic heterocycles.